The van der Waals surface area contributed by atoms with Crippen LogP contribution >= 0.6 is 0 Å². The van der Waals surface area contributed by atoms with Crippen molar-refractivity contribution in [2.45, 2.75) is 26.9 Å². The molecule has 0 aliphatic heterocycles. The molecule has 5 N–H and O–H groups in total. The van der Waals surface area contributed by atoms with E-state index < -0.39 is 24.0 Å². The van der Waals surface area contributed by atoms with Gasteiger partial charge in [-0.25, -0.2) is 9.59 Å². The van der Waals surface area contributed by atoms with Crippen molar-refractivity contribution in [1.82, 2.24) is 5.32 Å². The fourth-order valence-electron chi connectivity index (χ4n) is 1.72. The van der Waals surface area contributed by atoms with Gasteiger partial charge in [-0.1, -0.05) is 26.0 Å². The Morgan fingerprint density at radius 2 is 1.86 bits per heavy atom. The highest BCUT2D eigenvalue weighted by Gasteiger charge is 2.28. The smallest absolute Gasteiger partial charge is 0.341 e. The van der Waals surface area contributed by atoms with Gasteiger partial charge in [-0.15, -0.1) is 0 Å². The Labute approximate surface area is 122 Å². The lowest BCUT2D eigenvalue weighted by Crippen LogP contribution is -2.45. The zero-order valence-electron chi connectivity index (χ0n) is 12.2. The largest absolute Gasteiger partial charge is 0.448 e. The third-order valence-electron chi connectivity index (χ3n) is 2.89. The summed E-state index contributed by atoms with van der Waals surface area (Å²) < 4.78 is 5.16. The van der Waals surface area contributed by atoms with E-state index in [1.54, 1.807) is 32.9 Å². The van der Waals surface area contributed by atoms with Crippen LogP contribution in [0.1, 0.15) is 29.8 Å². The Bertz CT molecular complexity index is 569. The van der Waals surface area contributed by atoms with E-state index in [9.17, 15) is 14.4 Å². The van der Waals surface area contributed by atoms with Crippen LogP contribution in [0.4, 0.5) is 10.5 Å². The zero-order chi connectivity index (χ0) is 16.2. The number of aryl methyl sites for hydroxylation is 1. The monoisotopic (exact) mass is 293 g/mol. The molecule has 0 radical (unpaired) electrons. The number of rotatable bonds is 4. The molecule has 7 nitrogen and oxygen atoms in total. The fraction of sp³-hybridized carbons (Fsp3) is 0.357. The molecule has 1 rings (SSSR count). The maximum atomic E-state index is 12.1. The van der Waals surface area contributed by atoms with Gasteiger partial charge in [-0.3, -0.25) is 10.1 Å². The number of imide groups is 1. The molecule has 0 aliphatic rings. The van der Waals surface area contributed by atoms with E-state index in [0.29, 0.717) is 5.69 Å². The van der Waals surface area contributed by atoms with Crippen LogP contribution in [0.5, 0.6) is 0 Å². The van der Waals surface area contributed by atoms with Crippen molar-refractivity contribution in [3.8, 4) is 0 Å². The van der Waals surface area contributed by atoms with Gasteiger partial charge in [0, 0.05) is 5.69 Å². The van der Waals surface area contributed by atoms with E-state index in [1.807, 2.05) is 5.32 Å². The Morgan fingerprint density at radius 3 is 2.38 bits per heavy atom. The molecule has 0 aliphatic carbocycles. The van der Waals surface area contributed by atoms with Crippen LogP contribution in [0.2, 0.25) is 0 Å². The van der Waals surface area contributed by atoms with Gasteiger partial charge < -0.3 is 16.2 Å². The Kier molecular flexibility index (Phi) is 5.29. The molecule has 0 fully saturated rings. The van der Waals surface area contributed by atoms with Gasteiger partial charge in [0.05, 0.1) is 5.56 Å². The number of ether oxygens (including phenoxy) is 1. The van der Waals surface area contributed by atoms with Crippen LogP contribution < -0.4 is 16.8 Å². The predicted octanol–water partition coefficient (Wildman–Crippen LogP) is 0.954. The number of hydrogen-bond donors (Lipinski definition) is 3. The summed E-state index contributed by atoms with van der Waals surface area (Å²) in [6.07, 6.45) is -1.13. The first-order chi connectivity index (χ1) is 9.73. The highest BCUT2D eigenvalue weighted by Crippen LogP contribution is 2.19. The number of amides is 3. The molecule has 0 heterocycles. The second kappa shape index (κ2) is 6.74. The van der Waals surface area contributed by atoms with Crippen molar-refractivity contribution in [3.05, 3.63) is 29.3 Å². The van der Waals surface area contributed by atoms with Gasteiger partial charge >= 0.3 is 12.0 Å². The SMILES string of the molecule is Cc1cccc(C(=O)O[C@H](C(=O)NC(N)=O)C(C)C)c1N. The number of carbonyl (C=O) groups excluding carboxylic acids is 3. The Hall–Kier alpha value is -2.57. The van der Waals surface area contributed by atoms with Crippen molar-refractivity contribution in [1.29, 1.82) is 0 Å². The molecule has 0 saturated heterocycles. The number of nitrogen functional groups attached to an aromatic ring is 1. The standard InChI is InChI=1S/C14H19N3O4/c1-7(2)11(12(18)17-14(16)20)21-13(19)9-6-4-5-8(3)10(9)15/h4-7,11H,15H2,1-3H3,(H3,16,17,18,20)/t11-/m0/s1. The molecule has 21 heavy (non-hydrogen) atoms. The van der Waals surface area contributed by atoms with Crippen molar-refractivity contribution >= 4 is 23.6 Å². The average molecular weight is 293 g/mol. The van der Waals surface area contributed by atoms with E-state index in [4.69, 9.17) is 16.2 Å². The number of primary amides is 1. The summed E-state index contributed by atoms with van der Waals surface area (Å²) in [5.41, 5.74) is 11.9. The predicted molar refractivity (Wildman–Crippen MR) is 77.4 cm³/mol. The van der Waals surface area contributed by atoms with Crippen LogP contribution in [0.25, 0.3) is 0 Å². The lowest BCUT2D eigenvalue weighted by Gasteiger charge is -2.20. The molecule has 0 bridgehead atoms. The highest BCUT2D eigenvalue weighted by molar-refractivity contribution is 6.00. The van der Waals surface area contributed by atoms with Crippen LogP contribution in [0, 0.1) is 12.8 Å². The molecule has 0 spiro atoms. The first kappa shape index (κ1) is 16.5. The zero-order valence-corrected chi connectivity index (χ0v) is 12.2. The minimum atomic E-state index is -1.13. The minimum Gasteiger partial charge on any atom is -0.448 e. The first-order valence-electron chi connectivity index (χ1n) is 6.40. The molecule has 114 valence electrons. The maximum Gasteiger partial charge on any atom is 0.341 e. The Balaban J connectivity index is 2.94. The summed E-state index contributed by atoms with van der Waals surface area (Å²) in [6, 6.07) is 3.92. The maximum absolute atomic E-state index is 12.1. The molecule has 0 aromatic heterocycles. The first-order valence-corrected chi connectivity index (χ1v) is 6.40. The summed E-state index contributed by atoms with van der Waals surface area (Å²) in [6.45, 7) is 5.11. The molecule has 0 saturated carbocycles. The van der Waals surface area contributed by atoms with Gasteiger partial charge in [-0.2, -0.15) is 0 Å². The molecule has 1 aromatic carbocycles. The average Bonchev–Trinajstić information content (AvgIpc) is 2.37. The summed E-state index contributed by atoms with van der Waals surface area (Å²) in [5, 5.41) is 1.90. The van der Waals surface area contributed by atoms with Crippen LogP contribution in [-0.2, 0) is 9.53 Å². The topological polar surface area (TPSA) is 125 Å². The summed E-state index contributed by atoms with van der Waals surface area (Å²) in [4.78, 5) is 34.6. The number of nitrogens with one attached hydrogen (secondary N) is 1. The lowest BCUT2D eigenvalue weighted by molar-refractivity contribution is -0.130. The number of hydrogen-bond acceptors (Lipinski definition) is 5. The third kappa shape index (κ3) is 4.20. The molecular formula is C14H19N3O4. The van der Waals surface area contributed by atoms with Crippen molar-refractivity contribution in [2.24, 2.45) is 11.7 Å². The van der Waals surface area contributed by atoms with Crippen LogP contribution in [0.3, 0.4) is 0 Å². The number of anilines is 1. The van der Waals surface area contributed by atoms with E-state index in [2.05, 4.69) is 0 Å². The normalized spacial score (nSPS) is 11.8. The van der Waals surface area contributed by atoms with Gasteiger partial charge in [0.2, 0.25) is 0 Å². The van der Waals surface area contributed by atoms with E-state index in [1.165, 1.54) is 6.07 Å². The van der Waals surface area contributed by atoms with Crippen molar-refractivity contribution < 1.29 is 19.1 Å². The number of nitrogens with two attached hydrogens (primary N) is 2. The second-order valence-electron chi connectivity index (χ2n) is 4.96. The highest BCUT2D eigenvalue weighted by atomic mass is 16.5. The summed E-state index contributed by atoms with van der Waals surface area (Å²) in [5.74, 6) is -1.83. The van der Waals surface area contributed by atoms with E-state index >= 15 is 0 Å². The quantitative estimate of drug-likeness (QED) is 0.563. The molecule has 0 unspecified atom stereocenters. The number of para-hydroxylation sites is 1. The van der Waals surface area contributed by atoms with Gasteiger partial charge in [0.1, 0.15) is 0 Å². The van der Waals surface area contributed by atoms with E-state index in [-0.39, 0.29) is 11.5 Å². The molecule has 1 aromatic rings. The number of esters is 1. The summed E-state index contributed by atoms with van der Waals surface area (Å²) in [7, 11) is 0. The Morgan fingerprint density at radius 1 is 1.24 bits per heavy atom. The minimum absolute atomic E-state index is 0.174. The molecular weight excluding hydrogens is 274 g/mol. The third-order valence-corrected chi connectivity index (χ3v) is 2.89. The van der Waals surface area contributed by atoms with Crippen LogP contribution in [-0.4, -0.2) is 24.0 Å². The van der Waals surface area contributed by atoms with Gasteiger partial charge in [0.25, 0.3) is 5.91 Å². The second-order valence-corrected chi connectivity index (χ2v) is 4.96. The lowest BCUT2D eigenvalue weighted by atomic mass is 10.1. The van der Waals surface area contributed by atoms with Crippen molar-refractivity contribution in [3.63, 3.8) is 0 Å². The number of benzene rings is 1. The van der Waals surface area contributed by atoms with Crippen LogP contribution in [0.15, 0.2) is 18.2 Å². The van der Waals surface area contributed by atoms with Gasteiger partial charge in [-0.05, 0) is 24.5 Å². The number of urea groups is 1. The fourth-order valence-corrected chi connectivity index (χ4v) is 1.72. The molecule has 1 atom stereocenters. The molecule has 3 amide bonds. The van der Waals surface area contributed by atoms with Crippen molar-refractivity contribution in [2.75, 3.05) is 5.73 Å². The van der Waals surface area contributed by atoms with E-state index in [0.717, 1.165) is 5.56 Å². The number of carbonyl (C=O) groups is 3. The molecule has 7 heteroatoms. The van der Waals surface area contributed by atoms with Gasteiger partial charge in [0.15, 0.2) is 6.10 Å². The summed E-state index contributed by atoms with van der Waals surface area (Å²) >= 11 is 0.